The van der Waals surface area contributed by atoms with Crippen LogP contribution in [0.5, 0.6) is 5.75 Å². The van der Waals surface area contributed by atoms with Crippen molar-refractivity contribution in [3.05, 3.63) is 23.8 Å². The minimum atomic E-state index is 0.631. The zero-order chi connectivity index (χ0) is 11.7. The van der Waals surface area contributed by atoms with Crippen molar-refractivity contribution >= 4 is 5.69 Å². The van der Waals surface area contributed by atoms with E-state index in [4.69, 9.17) is 4.74 Å². The van der Waals surface area contributed by atoms with E-state index >= 15 is 0 Å². The first-order valence-corrected chi connectivity index (χ1v) is 6.52. The lowest BCUT2D eigenvalue weighted by Gasteiger charge is -2.30. The maximum absolute atomic E-state index is 5.52. The molecule has 17 heavy (non-hydrogen) atoms. The number of nitrogens with one attached hydrogen (secondary N) is 1. The zero-order valence-corrected chi connectivity index (χ0v) is 10.4. The van der Waals surface area contributed by atoms with Crippen molar-refractivity contribution < 1.29 is 4.74 Å². The Hall–Kier alpha value is -1.22. The largest absolute Gasteiger partial charge is 0.493 e. The molecular weight excluding hydrogens is 212 g/mol. The molecule has 1 aromatic rings. The smallest absolute Gasteiger partial charge is 0.122 e. The van der Waals surface area contributed by atoms with Crippen LogP contribution in [0.3, 0.4) is 0 Å². The minimum Gasteiger partial charge on any atom is -0.493 e. The number of ether oxygens (including phenoxy) is 1. The van der Waals surface area contributed by atoms with Gasteiger partial charge in [-0.1, -0.05) is 0 Å². The third kappa shape index (κ3) is 2.39. The van der Waals surface area contributed by atoms with Gasteiger partial charge in [-0.25, -0.2) is 0 Å². The second kappa shape index (κ2) is 4.57. The van der Waals surface area contributed by atoms with Crippen molar-refractivity contribution in [3.63, 3.8) is 0 Å². The van der Waals surface area contributed by atoms with Crippen molar-refractivity contribution in [2.45, 2.75) is 25.3 Å². The van der Waals surface area contributed by atoms with Crippen LogP contribution in [0.1, 0.15) is 18.4 Å². The van der Waals surface area contributed by atoms with Crippen LogP contribution < -0.4 is 10.1 Å². The van der Waals surface area contributed by atoms with Gasteiger partial charge in [0.15, 0.2) is 0 Å². The molecule has 92 valence electrons. The van der Waals surface area contributed by atoms with Crippen molar-refractivity contribution in [1.29, 1.82) is 0 Å². The third-order valence-corrected chi connectivity index (χ3v) is 3.78. The molecule has 0 aliphatic carbocycles. The molecule has 2 heterocycles. The third-order valence-electron chi connectivity index (χ3n) is 3.78. The summed E-state index contributed by atoms with van der Waals surface area (Å²) in [6.45, 7) is 3.24. The molecule has 0 spiro atoms. The Morgan fingerprint density at radius 3 is 2.94 bits per heavy atom. The van der Waals surface area contributed by atoms with E-state index in [-0.39, 0.29) is 0 Å². The lowest BCUT2D eigenvalue weighted by Crippen LogP contribution is -2.36. The van der Waals surface area contributed by atoms with Crippen LogP contribution in [0.2, 0.25) is 0 Å². The van der Waals surface area contributed by atoms with Gasteiger partial charge in [-0.05, 0) is 56.7 Å². The number of hydrogen-bond donors (Lipinski definition) is 1. The molecule has 0 bridgehead atoms. The number of hydrogen-bond acceptors (Lipinski definition) is 3. The number of benzene rings is 1. The Kier molecular flexibility index (Phi) is 2.93. The fraction of sp³-hybridized carbons (Fsp3) is 0.571. The Bertz CT molecular complexity index is 397. The van der Waals surface area contributed by atoms with Gasteiger partial charge in [0.1, 0.15) is 5.75 Å². The summed E-state index contributed by atoms with van der Waals surface area (Å²) in [6.07, 6.45) is 3.53. The van der Waals surface area contributed by atoms with E-state index in [0.29, 0.717) is 6.04 Å². The summed E-state index contributed by atoms with van der Waals surface area (Å²) in [6, 6.07) is 7.12. The standard InChI is InChI=1S/C14H20N2O/c1-16-7-4-12(5-8-16)15-13-2-3-14-11(10-13)6-9-17-14/h2-3,10,12,15H,4-9H2,1H3. The first-order chi connectivity index (χ1) is 8.31. The number of anilines is 1. The van der Waals surface area contributed by atoms with Gasteiger partial charge < -0.3 is 15.0 Å². The van der Waals surface area contributed by atoms with Gasteiger partial charge in [0, 0.05) is 18.2 Å². The highest BCUT2D eigenvalue weighted by molar-refractivity contribution is 5.53. The Labute approximate surface area is 103 Å². The second-order valence-electron chi connectivity index (χ2n) is 5.14. The number of fused-ring (bicyclic) bond motifs is 1. The lowest BCUT2D eigenvalue weighted by molar-refractivity contribution is 0.264. The predicted octanol–water partition coefficient (Wildman–Crippen LogP) is 2.13. The topological polar surface area (TPSA) is 24.5 Å². The van der Waals surface area contributed by atoms with Gasteiger partial charge in [0.25, 0.3) is 0 Å². The summed E-state index contributed by atoms with van der Waals surface area (Å²) < 4.78 is 5.52. The van der Waals surface area contributed by atoms with Gasteiger partial charge in [-0.3, -0.25) is 0 Å². The molecule has 3 nitrogen and oxygen atoms in total. The fourth-order valence-electron chi connectivity index (χ4n) is 2.66. The van der Waals surface area contributed by atoms with Crippen molar-refractivity contribution in [1.82, 2.24) is 4.90 Å². The van der Waals surface area contributed by atoms with E-state index in [1.54, 1.807) is 0 Å². The Morgan fingerprint density at radius 1 is 1.29 bits per heavy atom. The first-order valence-electron chi connectivity index (χ1n) is 6.52. The second-order valence-corrected chi connectivity index (χ2v) is 5.14. The molecule has 0 amide bonds. The van der Waals surface area contributed by atoms with Crippen LogP contribution in [0.4, 0.5) is 5.69 Å². The molecule has 0 saturated carbocycles. The van der Waals surface area contributed by atoms with E-state index in [1.165, 1.54) is 37.2 Å². The SMILES string of the molecule is CN1CCC(Nc2ccc3c(c2)CCO3)CC1. The number of nitrogens with zero attached hydrogens (tertiary/aromatic N) is 1. The van der Waals surface area contributed by atoms with E-state index < -0.39 is 0 Å². The molecule has 0 atom stereocenters. The summed E-state index contributed by atoms with van der Waals surface area (Å²) in [5.41, 5.74) is 2.60. The summed E-state index contributed by atoms with van der Waals surface area (Å²) in [5.74, 6) is 1.07. The van der Waals surface area contributed by atoms with E-state index in [0.717, 1.165) is 18.8 Å². The molecule has 0 unspecified atom stereocenters. The molecule has 0 aromatic heterocycles. The van der Waals surface area contributed by atoms with Crippen LogP contribution in [0.25, 0.3) is 0 Å². The highest BCUT2D eigenvalue weighted by atomic mass is 16.5. The van der Waals surface area contributed by atoms with Gasteiger partial charge >= 0.3 is 0 Å². The highest BCUT2D eigenvalue weighted by Gasteiger charge is 2.17. The molecule has 3 rings (SSSR count). The molecule has 2 aliphatic heterocycles. The van der Waals surface area contributed by atoms with Gasteiger partial charge in [-0.2, -0.15) is 0 Å². The first kappa shape index (κ1) is 10.9. The van der Waals surface area contributed by atoms with E-state index in [1.807, 2.05) is 0 Å². The van der Waals surface area contributed by atoms with Gasteiger partial charge in [0.05, 0.1) is 6.61 Å². The number of likely N-dealkylation sites (tertiary alicyclic amines) is 1. The zero-order valence-electron chi connectivity index (χ0n) is 10.4. The quantitative estimate of drug-likeness (QED) is 0.845. The van der Waals surface area contributed by atoms with Crippen molar-refractivity contribution in [3.8, 4) is 5.75 Å². The molecule has 0 radical (unpaired) electrons. The maximum atomic E-state index is 5.52. The lowest BCUT2D eigenvalue weighted by atomic mass is 10.0. The molecule has 1 saturated heterocycles. The predicted molar refractivity (Wildman–Crippen MR) is 69.8 cm³/mol. The fourth-order valence-corrected chi connectivity index (χ4v) is 2.66. The van der Waals surface area contributed by atoms with Gasteiger partial charge in [0.2, 0.25) is 0 Å². The average Bonchev–Trinajstić information content (AvgIpc) is 2.79. The Morgan fingerprint density at radius 2 is 2.12 bits per heavy atom. The molecule has 1 aromatic carbocycles. The van der Waals surface area contributed by atoms with Crippen LogP contribution >= 0.6 is 0 Å². The summed E-state index contributed by atoms with van der Waals surface area (Å²) in [5, 5.41) is 3.65. The van der Waals surface area contributed by atoms with Crippen LogP contribution in [-0.4, -0.2) is 37.7 Å². The molecule has 1 N–H and O–H groups in total. The average molecular weight is 232 g/mol. The normalized spacial score (nSPS) is 21.0. The minimum absolute atomic E-state index is 0.631. The van der Waals surface area contributed by atoms with Crippen LogP contribution in [-0.2, 0) is 6.42 Å². The summed E-state index contributed by atoms with van der Waals surface area (Å²) in [7, 11) is 2.20. The van der Waals surface area contributed by atoms with Crippen LogP contribution in [0, 0.1) is 0 Å². The van der Waals surface area contributed by atoms with Crippen molar-refractivity contribution in [2.24, 2.45) is 0 Å². The summed E-state index contributed by atoms with van der Waals surface area (Å²) >= 11 is 0. The van der Waals surface area contributed by atoms with E-state index in [9.17, 15) is 0 Å². The monoisotopic (exact) mass is 232 g/mol. The van der Waals surface area contributed by atoms with Crippen molar-refractivity contribution in [2.75, 3.05) is 32.1 Å². The molecule has 1 fully saturated rings. The van der Waals surface area contributed by atoms with E-state index in [2.05, 4.69) is 35.5 Å². The molecule has 3 heteroatoms. The number of rotatable bonds is 2. The maximum Gasteiger partial charge on any atom is 0.122 e. The van der Waals surface area contributed by atoms with Gasteiger partial charge in [-0.15, -0.1) is 0 Å². The molecular formula is C14H20N2O. The highest BCUT2D eigenvalue weighted by Crippen LogP contribution is 2.28. The van der Waals surface area contributed by atoms with Crippen LogP contribution in [0.15, 0.2) is 18.2 Å². The Balaban J connectivity index is 1.65. The molecule has 2 aliphatic rings. The summed E-state index contributed by atoms with van der Waals surface area (Å²) in [4.78, 5) is 2.40. The number of piperidine rings is 1.